The Morgan fingerprint density at radius 2 is 2.04 bits per heavy atom. The van der Waals surface area contributed by atoms with Crippen LogP contribution in [0.1, 0.15) is 18.7 Å². The minimum absolute atomic E-state index is 0.233. The molecule has 0 bridgehead atoms. The molecule has 2 aromatic heterocycles. The van der Waals surface area contributed by atoms with Crippen LogP contribution in [0.25, 0.3) is 16.9 Å². The van der Waals surface area contributed by atoms with Gasteiger partial charge in [-0.25, -0.2) is 14.4 Å². The van der Waals surface area contributed by atoms with Crippen molar-refractivity contribution in [3.05, 3.63) is 54.2 Å². The van der Waals surface area contributed by atoms with E-state index in [0.717, 1.165) is 35.6 Å². The molecule has 23 heavy (non-hydrogen) atoms. The summed E-state index contributed by atoms with van der Waals surface area (Å²) < 4.78 is 15.3. The van der Waals surface area contributed by atoms with E-state index in [1.807, 2.05) is 12.1 Å². The van der Waals surface area contributed by atoms with Crippen molar-refractivity contribution in [1.29, 1.82) is 0 Å². The van der Waals surface area contributed by atoms with E-state index in [2.05, 4.69) is 21.5 Å². The molecule has 1 aliphatic heterocycles. The van der Waals surface area contributed by atoms with Gasteiger partial charge in [-0.05, 0) is 62.8 Å². The largest absolute Gasteiger partial charge is 0.303 e. The molecule has 0 amide bonds. The van der Waals surface area contributed by atoms with Crippen molar-refractivity contribution in [2.24, 2.45) is 0 Å². The fourth-order valence-electron chi connectivity index (χ4n) is 3.41. The lowest BCUT2D eigenvalue weighted by atomic mass is 10.1. The number of fused-ring (bicyclic) bond motifs is 1. The molecule has 1 aliphatic rings. The van der Waals surface area contributed by atoms with Gasteiger partial charge in [0.1, 0.15) is 17.2 Å². The zero-order valence-corrected chi connectivity index (χ0v) is 13.1. The summed E-state index contributed by atoms with van der Waals surface area (Å²) in [5.74, 6) is 0.757. The monoisotopic (exact) mass is 310 g/mol. The molecule has 118 valence electrons. The Balaban J connectivity index is 1.82. The molecule has 1 atom stereocenters. The lowest BCUT2D eigenvalue weighted by molar-refractivity contribution is 0.305. The highest BCUT2D eigenvalue weighted by molar-refractivity contribution is 5.73. The fourth-order valence-corrected chi connectivity index (χ4v) is 3.41. The second-order valence-electron chi connectivity index (χ2n) is 6.17. The smallest absolute Gasteiger partial charge is 0.164 e. The number of nitrogens with zero attached hydrogens (tertiary/aromatic N) is 4. The number of likely N-dealkylation sites (N-methyl/N-ethyl adjacent to an activating group) is 1. The number of hydrogen-bond acceptors (Lipinski definition) is 3. The van der Waals surface area contributed by atoms with E-state index < -0.39 is 0 Å². The summed E-state index contributed by atoms with van der Waals surface area (Å²) in [5.41, 5.74) is 2.62. The molecule has 4 rings (SSSR count). The SMILES string of the molecule is CN1CCCC1Cc1nc2cccnc2n1-c1ccc(F)cc1. The first-order valence-corrected chi connectivity index (χ1v) is 8.01. The van der Waals surface area contributed by atoms with Crippen molar-refractivity contribution < 1.29 is 4.39 Å². The van der Waals surface area contributed by atoms with E-state index in [1.54, 1.807) is 18.3 Å². The van der Waals surface area contributed by atoms with Crippen LogP contribution in [0.4, 0.5) is 4.39 Å². The normalized spacial score (nSPS) is 18.8. The van der Waals surface area contributed by atoms with Gasteiger partial charge in [-0.15, -0.1) is 0 Å². The van der Waals surface area contributed by atoms with E-state index in [4.69, 9.17) is 4.98 Å². The van der Waals surface area contributed by atoms with Crippen LogP contribution in [0, 0.1) is 5.82 Å². The standard InChI is InChI=1S/C18H19FN4/c1-22-11-3-4-15(22)12-17-21-16-5-2-10-20-18(16)23(17)14-8-6-13(19)7-9-14/h2,5-10,15H,3-4,11-12H2,1H3. The molecule has 1 aromatic carbocycles. The predicted molar refractivity (Wildman–Crippen MR) is 88.2 cm³/mol. The second kappa shape index (κ2) is 5.74. The molecular weight excluding hydrogens is 291 g/mol. The molecule has 0 radical (unpaired) electrons. The molecule has 0 spiro atoms. The number of benzene rings is 1. The summed E-state index contributed by atoms with van der Waals surface area (Å²) in [6, 6.07) is 10.9. The molecule has 0 N–H and O–H groups in total. The number of imidazole rings is 1. The number of hydrogen-bond donors (Lipinski definition) is 0. The first kappa shape index (κ1) is 14.3. The molecule has 5 heteroatoms. The average molecular weight is 310 g/mol. The predicted octanol–water partition coefficient (Wildman–Crippen LogP) is 3.20. The Morgan fingerprint density at radius 1 is 1.22 bits per heavy atom. The van der Waals surface area contributed by atoms with Gasteiger partial charge in [-0.1, -0.05) is 0 Å². The first-order valence-electron chi connectivity index (χ1n) is 8.01. The van der Waals surface area contributed by atoms with Gasteiger partial charge in [-0.3, -0.25) is 4.57 Å². The Bertz CT molecular complexity index is 825. The van der Waals surface area contributed by atoms with Crippen molar-refractivity contribution in [2.75, 3.05) is 13.6 Å². The highest BCUT2D eigenvalue weighted by atomic mass is 19.1. The van der Waals surface area contributed by atoms with Crippen molar-refractivity contribution in [2.45, 2.75) is 25.3 Å². The lowest BCUT2D eigenvalue weighted by Crippen LogP contribution is -2.28. The van der Waals surface area contributed by atoms with Crippen LogP contribution in [0.3, 0.4) is 0 Å². The Hall–Kier alpha value is -2.27. The Morgan fingerprint density at radius 3 is 2.78 bits per heavy atom. The van der Waals surface area contributed by atoms with Gasteiger partial charge in [0.2, 0.25) is 0 Å². The highest BCUT2D eigenvalue weighted by Gasteiger charge is 2.24. The van der Waals surface area contributed by atoms with E-state index >= 15 is 0 Å². The van der Waals surface area contributed by atoms with Crippen LogP contribution in [0.5, 0.6) is 0 Å². The van der Waals surface area contributed by atoms with Gasteiger partial charge in [0.05, 0.1) is 0 Å². The molecule has 3 heterocycles. The zero-order chi connectivity index (χ0) is 15.8. The highest BCUT2D eigenvalue weighted by Crippen LogP contribution is 2.24. The maximum Gasteiger partial charge on any atom is 0.164 e. The molecule has 4 nitrogen and oxygen atoms in total. The van der Waals surface area contributed by atoms with Crippen LogP contribution < -0.4 is 0 Å². The third-order valence-electron chi connectivity index (χ3n) is 4.66. The third-order valence-corrected chi connectivity index (χ3v) is 4.66. The van der Waals surface area contributed by atoms with Crippen molar-refractivity contribution in [3.63, 3.8) is 0 Å². The van der Waals surface area contributed by atoms with Crippen LogP contribution in [-0.2, 0) is 6.42 Å². The van der Waals surface area contributed by atoms with Crippen molar-refractivity contribution in [1.82, 2.24) is 19.4 Å². The van der Waals surface area contributed by atoms with E-state index in [-0.39, 0.29) is 5.82 Å². The minimum Gasteiger partial charge on any atom is -0.303 e. The quantitative estimate of drug-likeness (QED) is 0.745. The van der Waals surface area contributed by atoms with Crippen molar-refractivity contribution in [3.8, 4) is 5.69 Å². The summed E-state index contributed by atoms with van der Waals surface area (Å²) in [7, 11) is 2.17. The number of aromatic nitrogens is 3. The maximum atomic E-state index is 13.3. The molecule has 0 saturated carbocycles. The van der Waals surface area contributed by atoms with Crippen LogP contribution in [0.15, 0.2) is 42.6 Å². The van der Waals surface area contributed by atoms with Gasteiger partial charge >= 0.3 is 0 Å². The van der Waals surface area contributed by atoms with Gasteiger partial charge < -0.3 is 4.90 Å². The molecule has 1 unspecified atom stereocenters. The van der Waals surface area contributed by atoms with Crippen molar-refractivity contribution >= 4 is 11.2 Å². The van der Waals surface area contributed by atoms with Gasteiger partial charge in [0, 0.05) is 24.3 Å². The molecular formula is C18H19FN4. The molecule has 0 aliphatic carbocycles. The summed E-state index contributed by atoms with van der Waals surface area (Å²) in [6.45, 7) is 1.14. The Labute approximate surface area is 134 Å². The zero-order valence-electron chi connectivity index (χ0n) is 13.1. The summed E-state index contributed by atoms with van der Waals surface area (Å²) in [4.78, 5) is 11.7. The van der Waals surface area contributed by atoms with Crippen LogP contribution in [0.2, 0.25) is 0 Å². The molecule has 1 saturated heterocycles. The Kier molecular flexibility index (Phi) is 3.58. The summed E-state index contributed by atoms with van der Waals surface area (Å²) >= 11 is 0. The third kappa shape index (κ3) is 2.61. The fraction of sp³-hybridized carbons (Fsp3) is 0.333. The number of rotatable bonds is 3. The first-order chi connectivity index (χ1) is 11.2. The van der Waals surface area contributed by atoms with Gasteiger partial charge in [-0.2, -0.15) is 0 Å². The summed E-state index contributed by atoms with van der Waals surface area (Å²) in [6.07, 6.45) is 5.08. The van der Waals surface area contributed by atoms with Crippen LogP contribution in [-0.4, -0.2) is 39.1 Å². The van der Waals surface area contributed by atoms with Crippen LogP contribution >= 0.6 is 0 Å². The average Bonchev–Trinajstić information content (AvgIpc) is 3.12. The number of halogens is 1. The number of pyridine rings is 1. The van der Waals surface area contributed by atoms with E-state index in [0.29, 0.717) is 6.04 Å². The second-order valence-corrected chi connectivity index (χ2v) is 6.17. The maximum absolute atomic E-state index is 13.3. The summed E-state index contributed by atoms with van der Waals surface area (Å²) in [5, 5.41) is 0. The topological polar surface area (TPSA) is 34.0 Å². The minimum atomic E-state index is -0.233. The van der Waals surface area contributed by atoms with Gasteiger partial charge in [0.25, 0.3) is 0 Å². The van der Waals surface area contributed by atoms with Gasteiger partial charge in [0.15, 0.2) is 5.65 Å². The van der Waals surface area contributed by atoms with E-state index in [1.165, 1.54) is 25.0 Å². The molecule has 3 aromatic rings. The molecule has 1 fully saturated rings. The lowest BCUT2D eigenvalue weighted by Gasteiger charge is -2.19. The number of likely N-dealkylation sites (tertiary alicyclic amines) is 1. The van der Waals surface area contributed by atoms with E-state index in [9.17, 15) is 4.39 Å².